The quantitative estimate of drug-likeness (QED) is 0.537. The predicted molar refractivity (Wildman–Crippen MR) is 116 cm³/mol. The molecule has 1 saturated carbocycles. The highest BCUT2D eigenvalue weighted by Gasteiger charge is 2.34. The Morgan fingerprint density at radius 3 is 2.40 bits per heavy atom. The maximum absolute atomic E-state index is 12.6. The summed E-state index contributed by atoms with van der Waals surface area (Å²) in [6.45, 7) is 1.47. The van der Waals surface area contributed by atoms with Crippen LogP contribution in [0.3, 0.4) is 0 Å². The summed E-state index contributed by atoms with van der Waals surface area (Å²) in [5.41, 5.74) is 3.29. The van der Waals surface area contributed by atoms with Gasteiger partial charge in [-0.25, -0.2) is 0 Å². The molecule has 1 aliphatic rings. The van der Waals surface area contributed by atoms with Crippen molar-refractivity contribution in [3.8, 4) is 11.1 Å². The molecule has 0 unspecified atom stereocenters. The minimum Gasteiger partial charge on any atom is -0.390 e. The van der Waals surface area contributed by atoms with E-state index in [-0.39, 0.29) is 11.8 Å². The third kappa shape index (κ3) is 4.06. The van der Waals surface area contributed by atoms with E-state index < -0.39 is 18.2 Å². The van der Waals surface area contributed by atoms with E-state index in [2.05, 4.69) is 10.6 Å². The summed E-state index contributed by atoms with van der Waals surface area (Å²) in [4.78, 5) is 23.8. The van der Waals surface area contributed by atoms with Crippen LogP contribution in [-0.2, 0) is 4.79 Å². The van der Waals surface area contributed by atoms with E-state index in [0.717, 1.165) is 27.6 Å². The number of rotatable bonds is 4. The van der Waals surface area contributed by atoms with Crippen molar-refractivity contribution in [3.63, 3.8) is 0 Å². The molecule has 4 rings (SSSR count). The molecular formula is C24H24N2O4. The molecule has 1 fully saturated rings. The second kappa shape index (κ2) is 8.26. The summed E-state index contributed by atoms with van der Waals surface area (Å²) < 4.78 is 0. The van der Waals surface area contributed by atoms with Crippen molar-refractivity contribution in [2.45, 2.75) is 38.0 Å². The largest absolute Gasteiger partial charge is 0.390 e. The van der Waals surface area contributed by atoms with Gasteiger partial charge in [0.25, 0.3) is 5.91 Å². The number of benzene rings is 3. The molecule has 0 aliphatic heterocycles. The second-order valence-corrected chi connectivity index (χ2v) is 7.72. The SMILES string of the molecule is CC(=O)Nc1ccc(-c2cccc3cc(C(=O)N[C@@H]4CC[C@@H](O)[C@@H]4O)ccc23)cc1. The maximum Gasteiger partial charge on any atom is 0.251 e. The normalized spacial score (nSPS) is 20.8. The number of aliphatic hydroxyl groups excluding tert-OH is 2. The van der Waals surface area contributed by atoms with Crippen LogP contribution in [0.4, 0.5) is 5.69 Å². The Morgan fingerprint density at radius 2 is 1.73 bits per heavy atom. The molecule has 3 atom stereocenters. The van der Waals surface area contributed by atoms with E-state index in [4.69, 9.17) is 0 Å². The zero-order chi connectivity index (χ0) is 21.3. The lowest BCUT2D eigenvalue weighted by Gasteiger charge is -2.18. The van der Waals surface area contributed by atoms with Crippen LogP contribution in [-0.4, -0.2) is 40.3 Å². The first kappa shape index (κ1) is 20.1. The molecule has 0 aromatic heterocycles. The minimum absolute atomic E-state index is 0.113. The first-order valence-electron chi connectivity index (χ1n) is 10.00. The first-order chi connectivity index (χ1) is 14.4. The van der Waals surface area contributed by atoms with Crippen LogP contribution < -0.4 is 10.6 Å². The number of anilines is 1. The number of carbonyl (C=O) groups excluding carboxylic acids is 2. The van der Waals surface area contributed by atoms with Gasteiger partial charge in [-0.05, 0) is 59.0 Å². The monoisotopic (exact) mass is 404 g/mol. The molecule has 30 heavy (non-hydrogen) atoms. The summed E-state index contributed by atoms with van der Waals surface area (Å²) >= 11 is 0. The van der Waals surface area contributed by atoms with Gasteiger partial charge in [-0.1, -0.05) is 36.4 Å². The van der Waals surface area contributed by atoms with Gasteiger partial charge in [0.05, 0.1) is 12.1 Å². The van der Waals surface area contributed by atoms with E-state index in [1.54, 1.807) is 6.07 Å². The van der Waals surface area contributed by atoms with Crippen LogP contribution >= 0.6 is 0 Å². The van der Waals surface area contributed by atoms with Gasteiger partial charge in [0.2, 0.25) is 5.91 Å². The summed E-state index contributed by atoms with van der Waals surface area (Å²) in [5.74, 6) is -0.376. The number of fused-ring (bicyclic) bond motifs is 1. The molecule has 154 valence electrons. The Balaban J connectivity index is 1.59. The van der Waals surface area contributed by atoms with Crippen LogP contribution in [0.1, 0.15) is 30.1 Å². The summed E-state index contributed by atoms with van der Waals surface area (Å²) in [6.07, 6.45) is -0.679. The van der Waals surface area contributed by atoms with E-state index in [1.165, 1.54) is 6.92 Å². The van der Waals surface area contributed by atoms with Gasteiger partial charge in [0.1, 0.15) is 6.10 Å². The molecule has 0 spiro atoms. The average Bonchev–Trinajstić information content (AvgIpc) is 3.05. The van der Waals surface area contributed by atoms with Crippen molar-refractivity contribution in [2.24, 2.45) is 0 Å². The van der Waals surface area contributed by atoms with Gasteiger partial charge in [0, 0.05) is 18.2 Å². The molecule has 6 nitrogen and oxygen atoms in total. The average molecular weight is 404 g/mol. The van der Waals surface area contributed by atoms with Crippen molar-refractivity contribution in [1.82, 2.24) is 5.32 Å². The lowest BCUT2D eigenvalue weighted by Crippen LogP contribution is -2.42. The highest BCUT2D eigenvalue weighted by Crippen LogP contribution is 2.30. The topological polar surface area (TPSA) is 98.7 Å². The molecule has 0 heterocycles. The van der Waals surface area contributed by atoms with Crippen molar-refractivity contribution in [1.29, 1.82) is 0 Å². The summed E-state index contributed by atoms with van der Waals surface area (Å²) in [7, 11) is 0. The maximum atomic E-state index is 12.6. The van der Waals surface area contributed by atoms with Gasteiger partial charge in [0.15, 0.2) is 0 Å². The molecule has 3 aromatic carbocycles. The second-order valence-electron chi connectivity index (χ2n) is 7.72. The Morgan fingerprint density at radius 1 is 0.967 bits per heavy atom. The Kier molecular flexibility index (Phi) is 5.53. The number of amides is 2. The Labute approximate surface area is 174 Å². The lowest BCUT2D eigenvalue weighted by molar-refractivity contribution is -0.114. The van der Waals surface area contributed by atoms with E-state index >= 15 is 0 Å². The molecule has 0 radical (unpaired) electrons. The van der Waals surface area contributed by atoms with Crippen LogP contribution in [0.5, 0.6) is 0 Å². The fraction of sp³-hybridized carbons (Fsp3) is 0.250. The van der Waals surface area contributed by atoms with Crippen LogP contribution in [0.15, 0.2) is 60.7 Å². The smallest absolute Gasteiger partial charge is 0.251 e. The number of carbonyl (C=O) groups is 2. The Bertz CT molecular complexity index is 1090. The zero-order valence-electron chi connectivity index (χ0n) is 16.6. The summed E-state index contributed by atoms with van der Waals surface area (Å²) in [5, 5.41) is 27.2. The van der Waals surface area contributed by atoms with Crippen molar-refractivity contribution >= 4 is 28.3 Å². The highest BCUT2D eigenvalue weighted by atomic mass is 16.3. The number of hydrogen-bond donors (Lipinski definition) is 4. The van der Waals surface area contributed by atoms with Gasteiger partial charge < -0.3 is 20.8 Å². The fourth-order valence-electron chi connectivity index (χ4n) is 3.98. The molecule has 2 amide bonds. The molecule has 4 N–H and O–H groups in total. The van der Waals surface area contributed by atoms with Crippen molar-refractivity contribution in [3.05, 3.63) is 66.2 Å². The third-order valence-corrected chi connectivity index (χ3v) is 5.56. The van der Waals surface area contributed by atoms with E-state index in [1.807, 2.05) is 54.6 Å². The van der Waals surface area contributed by atoms with Crippen LogP contribution in [0.2, 0.25) is 0 Å². The number of hydrogen-bond acceptors (Lipinski definition) is 4. The standard InChI is InChI=1S/C24H24N2O4/c1-14(27)25-18-8-5-15(6-9-18)19-4-2-3-16-13-17(7-10-20(16)19)24(30)26-21-11-12-22(28)23(21)29/h2-10,13,21-23,28-29H,11-12H2,1H3,(H,25,27)(H,26,30)/t21-,22-,23-/m1/s1. The molecule has 3 aromatic rings. The number of nitrogens with one attached hydrogen (secondary N) is 2. The van der Waals surface area contributed by atoms with Gasteiger partial charge in [-0.2, -0.15) is 0 Å². The Hall–Kier alpha value is -3.22. The van der Waals surface area contributed by atoms with Gasteiger partial charge in [-0.3, -0.25) is 9.59 Å². The highest BCUT2D eigenvalue weighted by molar-refractivity contribution is 6.03. The molecule has 6 heteroatoms. The molecule has 0 bridgehead atoms. The van der Waals surface area contributed by atoms with E-state index in [9.17, 15) is 19.8 Å². The molecule has 1 aliphatic carbocycles. The minimum atomic E-state index is -0.929. The van der Waals surface area contributed by atoms with E-state index in [0.29, 0.717) is 18.4 Å². The molecular weight excluding hydrogens is 380 g/mol. The predicted octanol–water partition coefficient (Wildman–Crippen LogP) is 3.08. The van der Waals surface area contributed by atoms with Crippen molar-refractivity contribution < 1.29 is 19.8 Å². The van der Waals surface area contributed by atoms with Crippen LogP contribution in [0, 0.1) is 0 Å². The molecule has 0 saturated heterocycles. The summed E-state index contributed by atoms with van der Waals surface area (Å²) in [6, 6.07) is 18.6. The van der Waals surface area contributed by atoms with Crippen LogP contribution in [0.25, 0.3) is 21.9 Å². The zero-order valence-corrected chi connectivity index (χ0v) is 16.6. The fourth-order valence-corrected chi connectivity index (χ4v) is 3.98. The van der Waals surface area contributed by atoms with Gasteiger partial charge in [-0.15, -0.1) is 0 Å². The third-order valence-electron chi connectivity index (χ3n) is 5.56. The first-order valence-corrected chi connectivity index (χ1v) is 10.00. The van der Waals surface area contributed by atoms with Gasteiger partial charge >= 0.3 is 0 Å². The lowest BCUT2D eigenvalue weighted by atomic mass is 9.96. The number of aliphatic hydroxyl groups is 2. The van der Waals surface area contributed by atoms with Crippen molar-refractivity contribution in [2.75, 3.05) is 5.32 Å².